The van der Waals surface area contributed by atoms with E-state index in [1.165, 1.54) is 24.6 Å². The fraction of sp³-hybridized carbons (Fsp3) is 0.0714. The topological polar surface area (TPSA) is 104 Å². The van der Waals surface area contributed by atoms with Crippen molar-refractivity contribution >= 4 is 38.5 Å². The summed E-state index contributed by atoms with van der Waals surface area (Å²) in [6.07, 6.45) is 1.40. The summed E-state index contributed by atoms with van der Waals surface area (Å²) in [4.78, 5) is 19.9. The molecule has 3 aromatic rings. The van der Waals surface area contributed by atoms with E-state index in [2.05, 4.69) is 9.97 Å². The van der Waals surface area contributed by atoms with Crippen molar-refractivity contribution in [2.75, 3.05) is 18.6 Å². The number of nitrogens with two attached hydrogens (primary N) is 2. The van der Waals surface area contributed by atoms with Crippen molar-refractivity contribution in [3.8, 4) is 11.1 Å². The lowest BCUT2D eigenvalue weighted by Crippen LogP contribution is -2.04. The Balaban J connectivity index is 2.14. The number of carbonyl (C=O) groups is 1. The summed E-state index contributed by atoms with van der Waals surface area (Å²) < 4.78 is 5.65. The van der Waals surface area contributed by atoms with Gasteiger partial charge < -0.3 is 16.2 Å². The van der Waals surface area contributed by atoms with E-state index >= 15 is 0 Å². The highest BCUT2D eigenvalue weighted by Gasteiger charge is 2.12. The number of nitrogen functional groups attached to an aromatic ring is 2. The molecule has 0 spiro atoms. The van der Waals surface area contributed by atoms with Gasteiger partial charge >= 0.3 is 5.97 Å². The van der Waals surface area contributed by atoms with Crippen LogP contribution in [0.1, 0.15) is 10.4 Å². The number of hydrogen-bond acceptors (Lipinski definition) is 7. The summed E-state index contributed by atoms with van der Waals surface area (Å²) in [7, 11) is 1.32. The molecule has 0 radical (unpaired) electrons. The van der Waals surface area contributed by atoms with E-state index in [1.54, 1.807) is 6.07 Å². The smallest absolute Gasteiger partial charge is 0.339 e. The third-order valence-corrected chi connectivity index (χ3v) is 3.90. The second-order valence-corrected chi connectivity index (χ2v) is 5.45. The molecule has 0 saturated heterocycles. The number of nitrogens with zero attached hydrogens (tertiary/aromatic N) is 2. The van der Waals surface area contributed by atoms with Gasteiger partial charge in [0, 0.05) is 11.8 Å². The van der Waals surface area contributed by atoms with Crippen LogP contribution in [-0.2, 0) is 4.74 Å². The Labute approximate surface area is 124 Å². The van der Waals surface area contributed by atoms with Gasteiger partial charge in [0.2, 0.25) is 0 Å². The second-order valence-electron chi connectivity index (χ2n) is 4.38. The van der Waals surface area contributed by atoms with Gasteiger partial charge in [-0.15, -0.1) is 0 Å². The summed E-state index contributed by atoms with van der Waals surface area (Å²) in [6.45, 7) is 0. The molecule has 1 aromatic carbocycles. The highest BCUT2D eigenvalue weighted by Crippen LogP contribution is 2.31. The molecule has 7 heteroatoms. The number of ether oxygens (including phenoxy) is 1. The lowest BCUT2D eigenvalue weighted by molar-refractivity contribution is 0.0600. The first kappa shape index (κ1) is 13.3. The molecular weight excluding hydrogens is 288 g/mol. The predicted molar refractivity (Wildman–Crippen MR) is 83.0 cm³/mol. The molecule has 0 fully saturated rings. The van der Waals surface area contributed by atoms with E-state index in [0.717, 1.165) is 15.8 Å². The monoisotopic (exact) mass is 300 g/mol. The fourth-order valence-electron chi connectivity index (χ4n) is 2.05. The Bertz CT molecular complexity index is 844. The van der Waals surface area contributed by atoms with Crippen LogP contribution in [0.3, 0.4) is 0 Å². The lowest BCUT2D eigenvalue weighted by Gasteiger charge is -2.07. The van der Waals surface area contributed by atoms with Crippen molar-refractivity contribution in [1.82, 2.24) is 9.97 Å². The van der Waals surface area contributed by atoms with Crippen LogP contribution in [-0.4, -0.2) is 23.0 Å². The largest absolute Gasteiger partial charge is 0.465 e. The molecule has 4 N–H and O–H groups in total. The Morgan fingerprint density at radius 1 is 1.29 bits per heavy atom. The molecule has 21 heavy (non-hydrogen) atoms. The molecule has 0 aliphatic carbocycles. The van der Waals surface area contributed by atoms with Gasteiger partial charge in [0.1, 0.15) is 5.82 Å². The molecule has 6 nitrogen and oxygen atoms in total. The number of anilines is 2. The molecule has 2 heterocycles. The maximum absolute atomic E-state index is 11.6. The predicted octanol–water partition coefficient (Wildman–Crippen LogP) is 2.31. The number of carbonyl (C=O) groups excluding carboxylic acids is 1. The van der Waals surface area contributed by atoms with Gasteiger partial charge in [-0.25, -0.2) is 14.8 Å². The van der Waals surface area contributed by atoms with Crippen LogP contribution in [0.15, 0.2) is 30.5 Å². The van der Waals surface area contributed by atoms with Crippen molar-refractivity contribution in [3.05, 3.63) is 36.0 Å². The van der Waals surface area contributed by atoms with E-state index in [0.29, 0.717) is 22.1 Å². The average Bonchev–Trinajstić information content (AvgIpc) is 2.86. The average molecular weight is 300 g/mol. The Morgan fingerprint density at radius 2 is 2.10 bits per heavy atom. The third kappa shape index (κ3) is 2.38. The number of rotatable bonds is 2. The number of benzene rings is 1. The number of thiazole rings is 1. The molecule has 0 unspecified atom stereocenters. The molecule has 0 aliphatic rings. The first-order valence-electron chi connectivity index (χ1n) is 6.09. The van der Waals surface area contributed by atoms with Gasteiger partial charge in [0.05, 0.1) is 22.9 Å². The van der Waals surface area contributed by atoms with Crippen molar-refractivity contribution in [1.29, 1.82) is 0 Å². The van der Waals surface area contributed by atoms with Gasteiger partial charge in [-0.1, -0.05) is 17.4 Å². The summed E-state index contributed by atoms with van der Waals surface area (Å²) in [5.41, 5.74) is 14.3. The molecule has 0 aliphatic heterocycles. The van der Waals surface area contributed by atoms with Crippen LogP contribution in [0.2, 0.25) is 0 Å². The van der Waals surface area contributed by atoms with Gasteiger partial charge in [0.15, 0.2) is 5.13 Å². The lowest BCUT2D eigenvalue weighted by atomic mass is 10.0. The van der Waals surface area contributed by atoms with E-state index in [1.807, 2.05) is 18.2 Å². The van der Waals surface area contributed by atoms with E-state index in [9.17, 15) is 4.79 Å². The van der Waals surface area contributed by atoms with E-state index in [-0.39, 0.29) is 0 Å². The fourth-order valence-corrected chi connectivity index (χ4v) is 2.82. The number of methoxy groups -OCH3 is 1. The van der Waals surface area contributed by atoms with Crippen LogP contribution in [0, 0.1) is 0 Å². The van der Waals surface area contributed by atoms with Gasteiger partial charge in [-0.2, -0.15) is 0 Å². The van der Waals surface area contributed by atoms with E-state index < -0.39 is 5.97 Å². The normalized spacial score (nSPS) is 10.7. The highest BCUT2D eigenvalue weighted by molar-refractivity contribution is 7.22. The van der Waals surface area contributed by atoms with Crippen LogP contribution in [0.4, 0.5) is 10.9 Å². The summed E-state index contributed by atoms with van der Waals surface area (Å²) >= 11 is 1.40. The number of esters is 1. The van der Waals surface area contributed by atoms with Gasteiger partial charge in [0.25, 0.3) is 0 Å². The Morgan fingerprint density at radius 3 is 2.86 bits per heavy atom. The molecule has 0 bridgehead atoms. The molecule has 0 saturated carbocycles. The Kier molecular flexibility index (Phi) is 3.19. The minimum atomic E-state index is -0.452. The zero-order valence-electron chi connectivity index (χ0n) is 11.2. The number of hydrogen-bond donors (Lipinski definition) is 2. The summed E-state index contributed by atoms with van der Waals surface area (Å²) in [6, 6.07) is 7.33. The van der Waals surface area contributed by atoms with Gasteiger partial charge in [-0.05, 0) is 23.8 Å². The second kappa shape index (κ2) is 5.02. The zero-order valence-corrected chi connectivity index (χ0v) is 12.0. The quantitative estimate of drug-likeness (QED) is 0.704. The molecule has 2 aromatic heterocycles. The highest BCUT2D eigenvalue weighted by atomic mass is 32.1. The summed E-state index contributed by atoms with van der Waals surface area (Å²) in [5.74, 6) is -0.105. The molecule has 3 rings (SSSR count). The van der Waals surface area contributed by atoms with Crippen LogP contribution >= 0.6 is 11.3 Å². The zero-order chi connectivity index (χ0) is 15.0. The molecular formula is C14H12N4O2S. The third-order valence-electron chi connectivity index (χ3n) is 3.06. The molecule has 0 atom stereocenters. The van der Waals surface area contributed by atoms with E-state index in [4.69, 9.17) is 16.2 Å². The maximum Gasteiger partial charge on any atom is 0.339 e. The summed E-state index contributed by atoms with van der Waals surface area (Å²) in [5, 5.41) is 0.511. The number of fused-ring (bicyclic) bond motifs is 1. The van der Waals surface area contributed by atoms with Gasteiger partial charge in [-0.3, -0.25) is 0 Å². The van der Waals surface area contributed by atoms with Crippen LogP contribution in [0.25, 0.3) is 21.3 Å². The first-order valence-corrected chi connectivity index (χ1v) is 6.90. The van der Waals surface area contributed by atoms with Crippen molar-refractivity contribution in [3.63, 3.8) is 0 Å². The minimum Gasteiger partial charge on any atom is -0.465 e. The number of pyridine rings is 1. The Hall–Kier alpha value is -2.67. The van der Waals surface area contributed by atoms with Crippen LogP contribution < -0.4 is 11.5 Å². The van der Waals surface area contributed by atoms with Crippen molar-refractivity contribution < 1.29 is 9.53 Å². The van der Waals surface area contributed by atoms with Crippen molar-refractivity contribution in [2.45, 2.75) is 0 Å². The standard InChI is InChI=1S/C14H12N4O2S/c1-20-13(19)8-4-9(12(15)17-6-8)7-2-3-10-11(5-7)21-14(16)18-10/h2-6H,1H3,(H2,15,17)(H2,16,18). The van der Waals surface area contributed by atoms with Crippen molar-refractivity contribution in [2.24, 2.45) is 0 Å². The minimum absolute atomic E-state index is 0.347. The molecule has 0 amide bonds. The SMILES string of the molecule is COC(=O)c1cnc(N)c(-c2ccc3nc(N)sc3c2)c1. The maximum atomic E-state index is 11.6. The van der Waals surface area contributed by atoms with Crippen LogP contribution in [0.5, 0.6) is 0 Å². The number of aromatic nitrogens is 2. The first-order chi connectivity index (χ1) is 10.1. The molecule has 106 valence electrons.